The lowest BCUT2D eigenvalue weighted by Gasteiger charge is -2.36. The van der Waals surface area contributed by atoms with Crippen molar-refractivity contribution in [2.24, 2.45) is 10.2 Å². The highest BCUT2D eigenvalue weighted by Crippen LogP contribution is 2.36. The summed E-state index contributed by atoms with van der Waals surface area (Å²) in [5.74, 6) is 0. The predicted molar refractivity (Wildman–Crippen MR) is 117 cm³/mol. The molecule has 0 aliphatic carbocycles. The monoisotopic (exact) mass is 397 g/mol. The number of azo groups is 1. The Labute approximate surface area is 168 Å². The molecule has 0 bridgehead atoms. The van der Waals surface area contributed by atoms with E-state index < -0.39 is 8.32 Å². The van der Waals surface area contributed by atoms with Gasteiger partial charge in [-0.2, -0.15) is 10.2 Å². The van der Waals surface area contributed by atoms with Crippen LogP contribution in [0, 0.1) is 0 Å². The second-order valence-electron chi connectivity index (χ2n) is 8.90. The van der Waals surface area contributed by atoms with Crippen molar-refractivity contribution in [1.82, 2.24) is 0 Å². The Balaban J connectivity index is 1.69. The van der Waals surface area contributed by atoms with Crippen LogP contribution in [-0.4, -0.2) is 20.1 Å². The number of anilines is 1. The van der Waals surface area contributed by atoms with E-state index in [1.54, 1.807) is 12.4 Å². The Morgan fingerprint density at radius 2 is 1.93 bits per heavy atom. The molecule has 0 atom stereocenters. The molecular formula is C22H31N3O2Si. The van der Waals surface area contributed by atoms with Gasteiger partial charge in [0.05, 0.1) is 17.6 Å². The molecule has 0 saturated carbocycles. The van der Waals surface area contributed by atoms with Crippen LogP contribution in [0.15, 0.2) is 53.0 Å². The molecule has 0 spiro atoms. The van der Waals surface area contributed by atoms with E-state index in [0.29, 0.717) is 0 Å². The highest BCUT2D eigenvalue weighted by molar-refractivity contribution is 6.74. The van der Waals surface area contributed by atoms with E-state index in [1.807, 2.05) is 24.3 Å². The molecule has 0 unspecified atom stereocenters. The fraction of sp³-hybridized carbons (Fsp3) is 0.455. The molecule has 0 saturated heterocycles. The lowest BCUT2D eigenvalue weighted by molar-refractivity contribution is 0.279. The van der Waals surface area contributed by atoms with Gasteiger partial charge in [-0.1, -0.05) is 32.9 Å². The third-order valence-corrected chi connectivity index (χ3v) is 10.4. The minimum Gasteiger partial charge on any atom is -0.417 e. The highest BCUT2D eigenvalue weighted by Gasteiger charge is 2.36. The summed E-state index contributed by atoms with van der Waals surface area (Å²) >= 11 is 0. The Bertz CT molecular complexity index is 926. The lowest BCUT2D eigenvalue weighted by Crippen LogP contribution is -2.40. The molecule has 2 heterocycles. The van der Waals surface area contributed by atoms with Gasteiger partial charge in [-0.15, -0.1) is 0 Å². The maximum Gasteiger partial charge on any atom is 0.191 e. The van der Waals surface area contributed by atoms with Crippen molar-refractivity contribution in [3.63, 3.8) is 0 Å². The van der Waals surface area contributed by atoms with Crippen molar-refractivity contribution in [2.45, 2.75) is 58.2 Å². The molecule has 1 N–H and O–H groups in total. The fourth-order valence-corrected chi connectivity index (χ4v) is 4.14. The van der Waals surface area contributed by atoms with Crippen LogP contribution in [0.2, 0.25) is 18.1 Å². The molecule has 2 aliphatic rings. The van der Waals surface area contributed by atoms with Crippen molar-refractivity contribution in [3.05, 3.63) is 53.2 Å². The Hall–Kier alpha value is -2.02. The first-order chi connectivity index (χ1) is 13.2. The third kappa shape index (κ3) is 4.51. The fourth-order valence-electron chi connectivity index (χ4n) is 3.05. The molecule has 0 fully saturated rings. The van der Waals surface area contributed by atoms with Gasteiger partial charge in [0.1, 0.15) is 0 Å². The summed E-state index contributed by atoms with van der Waals surface area (Å²) in [5.41, 5.74) is 2.85. The SMILES string of the molecule is CC(C)(C)[Si](C)(C)OCCCCC1=c2ccc(=C3C=CN=N3)cc2N(O)C=C1. The van der Waals surface area contributed by atoms with Gasteiger partial charge in [-0.05, 0) is 61.2 Å². The normalized spacial score (nSPS) is 18.2. The number of allylic oxidation sites excluding steroid dienone is 1. The van der Waals surface area contributed by atoms with Crippen molar-refractivity contribution >= 4 is 25.3 Å². The standard InChI is InChI=1S/C22H31N3O2Si/c1-22(2,3)28(4,5)27-15-7-6-8-17-12-14-25(26)21-16-18(9-10-19(17)21)20-11-13-23-24-20/h9-14,16,26H,6-8,15H2,1-5H3. The van der Waals surface area contributed by atoms with E-state index in [0.717, 1.165) is 47.7 Å². The second kappa shape index (κ2) is 8.15. The molecule has 1 aromatic rings. The zero-order valence-corrected chi connectivity index (χ0v) is 18.6. The molecular weight excluding hydrogens is 366 g/mol. The van der Waals surface area contributed by atoms with Gasteiger partial charge in [0.2, 0.25) is 0 Å². The van der Waals surface area contributed by atoms with Crippen LogP contribution < -0.4 is 15.5 Å². The smallest absolute Gasteiger partial charge is 0.191 e. The first kappa shape index (κ1) is 20.7. The predicted octanol–water partition coefficient (Wildman–Crippen LogP) is 4.84. The van der Waals surface area contributed by atoms with Gasteiger partial charge >= 0.3 is 0 Å². The van der Waals surface area contributed by atoms with Crippen LogP contribution in [0.1, 0.15) is 40.0 Å². The van der Waals surface area contributed by atoms with E-state index in [2.05, 4.69) is 50.2 Å². The van der Waals surface area contributed by atoms with Crippen LogP contribution in [-0.2, 0) is 4.43 Å². The first-order valence-electron chi connectivity index (χ1n) is 9.94. The largest absolute Gasteiger partial charge is 0.417 e. The summed E-state index contributed by atoms with van der Waals surface area (Å²) in [6.07, 6.45) is 10.3. The van der Waals surface area contributed by atoms with Gasteiger partial charge in [0, 0.05) is 23.2 Å². The highest BCUT2D eigenvalue weighted by atomic mass is 28.4. The van der Waals surface area contributed by atoms with Crippen LogP contribution in [0.4, 0.5) is 5.69 Å². The summed E-state index contributed by atoms with van der Waals surface area (Å²) in [4.78, 5) is 0. The van der Waals surface area contributed by atoms with Gasteiger partial charge in [-0.25, -0.2) is 5.06 Å². The van der Waals surface area contributed by atoms with Crippen LogP contribution in [0.3, 0.4) is 0 Å². The topological polar surface area (TPSA) is 57.4 Å². The van der Waals surface area contributed by atoms with Gasteiger partial charge in [-0.3, -0.25) is 5.21 Å². The van der Waals surface area contributed by atoms with Crippen LogP contribution in [0.5, 0.6) is 0 Å². The molecule has 3 rings (SSSR count). The van der Waals surface area contributed by atoms with E-state index in [-0.39, 0.29) is 5.04 Å². The minimum absolute atomic E-state index is 0.251. The molecule has 1 aromatic carbocycles. The number of nitrogens with zero attached hydrogens (tertiary/aromatic N) is 3. The molecule has 2 aliphatic heterocycles. The number of hydrogen-bond donors (Lipinski definition) is 1. The van der Waals surface area contributed by atoms with E-state index in [4.69, 9.17) is 4.43 Å². The molecule has 6 heteroatoms. The maximum atomic E-state index is 10.3. The number of fused-ring (bicyclic) bond motifs is 1. The zero-order valence-electron chi connectivity index (χ0n) is 17.6. The summed E-state index contributed by atoms with van der Waals surface area (Å²) in [6.45, 7) is 12.2. The molecule has 5 nitrogen and oxygen atoms in total. The van der Waals surface area contributed by atoms with Crippen LogP contribution in [0.25, 0.3) is 11.3 Å². The molecule has 0 aromatic heterocycles. The van der Waals surface area contributed by atoms with Gasteiger partial charge in [0.15, 0.2) is 8.32 Å². The molecule has 0 radical (unpaired) electrons. The minimum atomic E-state index is -1.67. The Morgan fingerprint density at radius 3 is 2.61 bits per heavy atom. The van der Waals surface area contributed by atoms with Gasteiger partial charge < -0.3 is 4.43 Å². The van der Waals surface area contributed by atoms with Crippen molar-refractivity contribution in [2.75, 3.05) is 11.7 Å². The summed E-state index contributed by atoms with van der Waals surface area (Å²) < 4.78 is 6.28. The van der Waals surface area contributed by atoms with E-state index in [9.17, 15) is 5.21 Å². The maximum absolute atomic E-state index is 10.3. The van der Waals surface area contributed by atoms with E-state index in [1.165, 1.54) is 10.6 Å². The lowest BCUT2D eigenvalue weighted by atomic mass is 10.0. The number of rotatable bonds is 6. The number of hydroxylamine groups is 1. The average Bonchev–Trinajstić information content (AvgIpc) is 3.16. The number of unbranched alkanes of at least 4 members (excludes halogenated alkanes) is 1. The quantitative estimate of drug-likeness (QED) is 0.552. The van der Waals surface area contributed by atoms with Crippen molar-refractivity contribution in [1.29, 1.82) is 0 Å². The third-order valence-electron chi connectivity index (χ3n) is 5.88. The number of hydrogen-bond acceptors (Lipinski definition) is 5. The molecule has 28 heavy (non-hydrogen) atoms. The van der Waals surface area contributed by atoms with E-state index >= 15 is 0 Å². The first-order valence-corrected chi connectivity index (χ1v) is 12.9. The summed E-state index contributed by atoms with van der Waals surface area (Å²) in [5, 5.41) is 21.7. The Morgan fingerprint density at radius 1 is 1.14 bits per heavy atom. The number of benzene rings is 1. The summed E-state index contributed by atoms with van der Waals surface area (Å²) in [6, 6.07) is 6.06. The second-order valence-corrected chi connectivity index (χ2v) is 13.7. The van der Waals surface area contributed by atoms with Gasteiger partial charge in [0.25, 0.3) is 0 Å². The van der Waals surface area contributed by atoms with Crippen LogP contribution >= 0.6 is 0 Å². The average molecular weight is 398 g/mol. The van der Waals surface area contributed by atoms with Crippen molar-refractivity contribution < 1.29 is 9.63 Å². The molecule has 0 amide bonds. The van der Waals surface area contributed by atoms with Crippen molar-refractivity contribution in [3.8, 4) is 0 Å². The summed E-state index contributed by atoms with van der Waals surface area (Å²) in [7, 11) is -1.67. The Kier molecular flexibility index (Phi) is 6.03. The molecule has 150 valence electrons. The zero-order chi connectivity index (χ0) is 20.4.